The average Bonchev–Trinajstić information content (AvgIpc) is 2.51. The molecule has 1 heterocycles. The second kappa shape index (κ2) is 4.07. The van der Waals surface area contributed by atoms with Gasteiger partial charge in [0.15, 0.2) is 0 Å². The van der Waals surface area contributed by atoms with Crippen LogP contribution in [0.3, 0.4) is 0 Å². The van der Waals surface area contributed by atoms with Gasteiger partial charge >= 0.3 is 0 Å². The summed E-state index contributed by atoms with van der Waals surface area (Å²) in [5.74, 6) is 0. The minimum atomic E-state index is 0.762. The van der Waals surface area contributed by atoms with Crippen LogP contribution < -0.4 is 5.73 Å². The molecule has 0 saturated carbocycles. The topological polar surface area (TPSA) is 41.8 Å². The summed E-state index contributed by atoms with van der Waals surface area (Å²) in [4.78, 5) is 3.42. The molecule has 0 unspecified atom stereocenters. The molecule has 2 nitrogen and oxygen atoms in total. The van der Waals surface area contributed by atoms with E-state index in [9.17, 15) is 0 Å². The van der Waals surface area contributed by atoms with Gasteiger partial charge in [-0.3, -0.25) is 0 Å². The van der Waals surface area contributed by atoms with E-state index in [2.05, 4.69) is 37.0 Å². The van der Waals surface area contributed by atoms with Gasteiger partial charge in [0, 0.05) is 16.6 Å². The number of aryl methyl sites for hydroxylation is 3. The van der Waals surface area contributed by atoms with E-state index >= 15 is 0 Å². The lowest BCUT2D eigenvalue weighted by Gasteiger charge is -2.00. The van der Waals surface area contributed by atoms with Crippen molar-refractivity contribution in [3.8, 4) is 0 Å². The first kappa shape index (κ1) is 10.2. The van der Waals surface area contributed by atoms with Crippen LogP contribution >= 0.6 is 0 Å². The van der Waals surface area contributed by atoms with Crippen LogP contribution in [0.2, 0.25) is 0 Å². The number of fused-ring (bicyclic) bond motifs is 1. The van der Waals surface area contributed by atoms with Crippen molar-refractivity contribution in [1.29, 1.82) is 0 Å². The maximum atomic E-state index is 5.56. The summed E-state index contributed by atoms with van der Waals surface area (Å²) in [6.07, 6.45) is 2.13. The molecule has 3 N–H and O–H groups in total. The van der Waals surface area contributed by atoms with Gasteiger partial charge in [0.05, 0.1) is 0 Å². The summed E-state index contributed by atoms with van der Waals surface area (Å²) < 4.78 is 0. The molecule has 15 heavy (non-hydrogen) atoms. The van der Waals surface area contributed by atoms with Crippen molar-refractivity contribution in [2.45, 2.75) is 26.7 Å². The molecule has 2 heteroatoms. The number of benzene rings is 1. The maximum absolute atomic E-state index is 5.56. The molecule has 0 spiro atoms. The Labute approximate surface area is 90.5 Å². The van der Waals surface area contributed by atoms with Crippen molar-refractivity contribution < 1.29 is 0 Å². The highest BCUT2D eigenvalue weighted by atomic mass is 14.7. The van der Waals surface area contributed by atoms with E-state index in [1.165, 1.54) is 27.7 Å². The number of hydrogen-bond acceptors (Lipinski definition) is 1. The zero-order chi connectivity index (χ0) is 10.8. The van der Waals surface area contributed by atoms with E-state index in [0.29, 0.717) is 0 Å². The van der Waals surface area contributed by atoms with E-state index in [0.717, 1.165) is 19.4 Å². The molecule has 1 aromatic carbocycles. The lowest BCUT2D eigenvalue weighted by Crippen LogP contribution is -2.00. The van der Waals surface area contributed by atoms with Gasteiger partial charge in [-0.05, 0) is 50.9 Å². The van der Waals surface area contributed by atoms with Crippen molar-refractivity contribution in [3.63, 3.8) is 0 Å². The van der Waals surface area contributed by atoms with Gasteiger partial charge in [0.2, 0.25) is 0 Å². The van der Waals surface area contributed by atoms with E-state index in [4.69, 9.17) is 5.73 Å². The first-order valence-electron chi connectivity index (χ1n) is 5.50. The minimum absolute atomic E-state index is 0.762. The molecule has 0 atom stereocenters. The fourth-order valence-corrected chi connectivity index (χ4v) is 2.10. The Morgan fingerprint density at radius 3 is 2.80 bits per heavy atom. The number of aromatic nitrogens is 1. The minimum Gasteiger partial charge on any atom is -0.358 e. The Balaban J connectivity index is 2.50. The molecule has 0 fully saturated rings. The predicted molar refractivity (Wildman–Crippen MR) is 65.1 cm³/mol. The van der Waals surface area contributed by atoms with Gasteiger partial charge < -0.3 is 10.7 Å². The lowest BCUT2D eigenvalue weighted by atomic mass is 10.0. The van der Waals surface area contributed by atoms with Gasteiger partial charge in [-0.15, -0.1) is 0 Å². The first-order chi connectivity index (χ1) is 7.22. The fraction of sp³-hybridized carbons (Fsp3) is 0.385. The molecular weight excluding hydrogens is 184 g/mol. The van der Waals surface area contributed by atoms with Crippen molar-refractivity contribution in [3.05, 3.63) is 35.0 Å². The first-order valence-corrected chi connectivity index (χ1v) is 5.50. The quantitative estimate of drug-likeness (QED) is 0.789. The van der Waals surface area contributed by atoms with Crippen LogP contribution in [0.1, 0.15) is 23.2 Å². The van der Waals surface area contributed by atoms with Crippen LogP contribution in [-0.4, -0.2) is 11.5 Å². The normalized spacial score (nSPS) is 11.1. The second-order valence-electron chi connectivity index (χ2n) is 4.17. The molecule has 0 radical (unpaired) electrons. The molecule has 2 aromatic rings. The van der Waals surface area contributed by atoms with E-state index < -0.39 is 0 Å². The van der Waals surface area contributed by atoms with Crippen LogP contribution in [0.5, 0.6) is 0 Å². The number of aromatic amines is 1. The van der Waals surface area contributed by atoms with E-state index in [1.54, 1.807) is 0 Å². The Morgan fingerprint density at radius 1 is 1.27 bits per heavy atom. The summed E-state index contributed by atoms with van der Waals surface area (Å²) in [7, 11) is 0. The van der Waals surface area contributed by atoms with Gasteiger partial charge in [-0.2, -0.15) is 0 Å². The predicted octanol–water partition coefficient (Wildman–Crippen LogP) is 2.68. The molecule has 2 rings (SSSR count). The third-order valence-corrected chi connectivity index (χ3v) is 2.91. The third-order valence-electron chi connectivity index (χ3n) is 2.91. The molecule has 1 aromatic heterocycles. The summed E-state index contributed by atoms with van der Waals surface area (Å²) in [6.45, 7) is 5.04. The van der Waals surface area contributed by atoms with Gasteiger partial charge in [-0.25, -0.2) is 0 Å². The third kappa shape index (κ3) is 1.90. The summed E-state index contributed by atoms with van der Waals surface area (Å²) in [6, 6.07) is 6.55. The Bertz CT molecular complexity index is 469. The van der Waals surface area contributed by atoms with Crippen LogP contribution in [-0.2, 0) is 6.42 Å². The number of H-pyrrole nitrogens is 1. The second-order valence-corrected chi connectivity index (χ2v) is 4.17. The zero-order valence-corrected chi connectivity index (χ0v) is 9.43. The maximum Gasteiger partial charge on any atom is 0.0459 e. The van der Waals surface area contributed by atoms with Crippen molar-refractivity contribution in [2.24, 2.45) is 5.73 Å². The number of rotatable bonds is 3. The Morgan fingerprint density at radius 2 is 2.07 bits per heavy atom. The standard InChI is InChI=1S/C13H18N2/c1-9-5-6-13-12(8-9)11(4-3-7-14)10(2)15-13/h5-6,8,15H,3-4,7,14H2,1-2H3. The molecule has 0 aliphatic rings. The molecule has 0 amide bonds. The van der Waals surface area contributed by atoms with Crippen LogP contribution in [0.4, 0.5) is 0 Å². The molecule has 0 bridgehead atoms. The Hall–Kier alpha value is -1.28. The molecular formula is C13H18N2. The largest absolute Gasteiger partial charge is 0.358 e. The highest BCUT2D eigenvalue weighted by Gasteiger charge is 2.07. The van der Waals surface area contributed by atoms with Gasteiger partial charge in [-0.1, -0.05) is 11.6 Å². The smallest absolute Gasteiger partial charge is 0.0459 e. The highest BCUT2D eigenvalue weighted by Crippen LogP contribution is 2.24. The van der Waals surface area contributed by atoms with E-state index in [-0.39, 0.29) is 0 Å². The number of hydrogen-bond donors (Lipinski definition) is 2. The summed E-state index contributed by atoms with van der Waals surface area (Å²) >= 11 is 0. The molecule has 0 aliphatic heterocycles. The van der Waals surface area contributed by atoms with Crippen LogP contribution in [0.15, 0.2) is 18.2 Å². The lowest BCUT2D eigenvalue weighted by molar-refractivity contribution is 0.831. The van der Waals surface area contributed by atoms with Crippen LogP contribution in [0.25, 0.3) is 10.9 Å². The highest BCUT2D eigenvalue weighted by molar-refractivity contribution is 5.85. The zero-order valence-electron chi connectivity index (χ0n) is 9.43. The fourth-order valence-electron chi connectivity index (χ4n) is 2.10. The SMILES string of the molecule is Cc1ccc2[nH]c(C)c(CCCN)c2c1. The van der Waals surface area contributed by atoms with E-state index in [1.807, 2.05) is 0 Å². The summed E-state index contributed by atoms with van der Waals surface area (Å²) in [5.41, 5.74) is 10.8. The Kier molecular flexibility index (Phi) is 2.78. The van der Waals surface area contributed by atoms with Gasteiger partial charge in [0.1, 0.15) is 0 Å². The monoisotopic (exact) mass is 202 g/mol. The molecule has 80 valence electrons. The molecule has 0 aliphatic carbocycles. The summed E-state index contributed by atoms with van der Waals surface area (Å²) in [5, 5.41) is 1.36. The number of nitrogens with one attached hydrogen (secondary N) is 1. The van der Waals surface area contributed by atoms with Crippen molar-refractivity contribution >= 4 is 10.9 Å². The molecule has 0 saturated heterocycles. The van der Waals surface area contributed by atoms with Crippen LogP contribution in [0, 0.1) is 13.8 Å². The number of nitrogens with two attached hydrogens (primary N) is 1. The van der Waals surface area contributed by atoms with Gasteiger partial charge in [0.25, 0.3) is 0 Å². The van der Waals surface area contributed by atoms with Crippen molar-refractivity contribution in [1.82, 2.24) is 4.98 Å². The average molecular weight is 202 g/mol. The van der Waals surface area contributed by atoms with Crippen molar-refractivity contribution in [2.75, 3.05) is 6.54 Å².